The topological polar surface area (TPSA) is 58.4 Å². The maximum absolute atomic E-state index is 12.7. The van der Waals surface area contributed by atoms with Crippen LogP contribution in [0.2, 0.25) is 0 Å². The zero-order valence-electron chi connectivity index (χ0n) is 17.1. The van der Waals surface area contributed by atoms with E-state index in [2.05, 4.69) is 35.6 Å². The van der Waals surface area contributed by atoms with Crippen molar-refractivity contribution < 1.29 is 9.21 Å². The van der Waals surface area contributed by atoms with E-state index in [1.807, 2.05) is 53.4 Å². The van der Waals surface area contributed by atoms with Gasteiger partial charge in [0.25, 0.3) is 0 Å². The number of urea groups is 1. The third-order valence-corrected chi connectivity index (χ3v) is 5.58. The molecule has 31 heavy (non-hydrogen) atoms. The zero-order valence-corrected chi connectivity index (χ0v) is 17.1. The summed E-state index contributed by atoms with van der Waals surface area (Å²) >= 11 is 0. The number of nitrogens with zero attached hydrogens (tertiary/aromatic N) is 2. The van der Waals surface area contributed by atoms with E-state index in [4.69, 9.17) is 9.40 Å². The summed E-state index contributed by atoms with van der Waals surface area (Å²) in [7, 11) is 0. The van der Waals surface area contributed by atoms with Gasteiger partial charge in [0.05, 0.1) is 18.5 Å². The third-order valence-electron chi connectivity index (χ3n) is 5.58. The standard InChI is InChI=1S/C26H23N3O2/c30-26(27-17-22-12-7-15-31-22)29-14-13-24-21(18-29)16-23(19-8-3-1-4-9-19)25(28-24)20-10-5-2-6-11-20/h1-12,15-16H,13-14,17-18H2,(H,27,30). The maximum Gasteiger partial charge on any atom is 0.318 e. The van der Waals surface area contributed by atoms with Crippen molar-refractivity contribution in [1.82, 2.24) is 15.2 Å². The molecule has 0 fully saturated rings. The molecule has 1 aliphatic heterocycles. The highest BCUT2D eigenvalue weighted by Crippen LogP contribution is 2.34. The van der Waals surface area contributed by atoms with E-state index in [1.165, 1.54) is 0 Å². The number of amides is 2. The predicted octanol–water partition coefficient (Wildman–Crippen LogP) is 5.28. The second kappa shape index (κ2) is 8.48. The summed E-state index contributed by atoms with van der Waals surface area (Å²) in [5.41, 5.74) is 6.45. The highest BCUT2D eigenvalue weighted by Gasteiger charge is 2.24. The van der Waals surface area contributed by atoms with Crippen LogP contribution in [-0.2, 0) is 19.5 Å². The number of aromatic nitrogens is 1. The van der Waals surface area contributed by atoms with E-state index >= 15 is 0 Å². The van der Waals surface area contributed by atoms with Crippen LogP contribution >= 0.6 is 0 Å². The number of carbonyl (C=O) groups excluding carboxylic acids is 1. The van der Waals surface area contributed by atoms with Crippen molar-refractivity contribution >= 4 is 6.03 Å². The van der Waals surface area contributed by atoms with Gasteiger partial charge in [-0.2, -0.15) is 0 Å². The number of carbonyl (C=O) groups is 1. The van der Waals surface area contributed by atoms with Crippen LogP contribution in [0, 0.1) is 0 Å². The lowest BCUT2D eigenvalue weighted by Crippen LogP contribution is -2.42. The smallest absolute Gasteiger partial charge is 0.318 e. The monoisotopic (exact) mass is 409 g/mol. The second-order valence-corrected chi connectivity index (χ2v) is 7.63. The number of hydrogen-bond acceptors (Lipinski definition) is 3. The van der Waals surface area contributed by atoms with E-state index in [-0.39, 0.29) is 6.03 Å². The van der Waals surface area contributed by atoms with Gasteiger partial charge in [0.15, 0.2) is 0 Å². The molecule has 0 radical (unpaired) electrons. The van der Waals surface area contributed by atoms with Crippen molar-refractivity contribution in [2.75, 3.05) is 6.54 Å². The van der Waals surface area contributed by atoms with Gasteiger partial charge in [0.2, 0.25) is 0 Å². The van der Waals surface area contributed by atoms with Gasteiger partial charge in [-0.3, -0.25) is 4.98 Å². The van der Waals surface area contributed by atoms with Crippen molar-refractivity contribution in [2.45, 2.75) is 19.5 Å². The average molecular weight is 409 g/mol. The summed E-state index contributed by atoms with van der Waals surface area (Å²) in [6, 6.07) is 26.4. The Morgan fingerprint density at radius 3 is 2.42 bits per heavy atom. The lowest BCUT2D eigenvalue weighted by atomic mass is 9.94. The molecule has 5 nitrogen and oxygen atoms in total. The first-order chi connectivity index (χ1) is 15.3. The second-order valence-electron chi connectivity index (χ2n) is 7.63. The van der Waals surface area contributed by atoms with Gasteiger partial charge in [-0.15, -0.1) is 0 Å². The first-order valence-corrected chi connectivity index (χ1v) is 10.5. The average Bonchev–Trinajstić information content (AvgIpc) is 3.36. The van der Waals surface area contributed by atoms with Crippen LogP contribution in [0.25, 0.3) is 22.4 Å². The zero-order chi connectivity index (χ0) is 21.0. The number of benzene rings is 2. The molecule has 2 aromatic heterocycles. The lowest BCUT2D eigenvalue weighted by molar-refractivity contribution is 0.190. The van der Waals surface area contributed by atoms with Crippen LogP contribution < -0.4 is 5.32 Å². The number of rotatable bonds is 4. The Morgan fingerprint density at radius 2 is 1.71 bits per heavy atom. The molecule has 5 rings (SSSR count). The lowest BCUT2D eigenvalue weighted by Gasteiger charge is -2.29. The van der Waals surface area contributed by atoms with Crippen molar-refractivity contribution in [3.05, 3.63) is 102 Å². The molecule has 2 aromatic carbocycles. The summed E-state index contributed by atoms with van der Waals surface area (Å²) in [4.78, 5) is 19.6. The van der Waals surface area contributed by atoms with Crippen molar-refractivity contribution in [3.63, 3.8) is 0 Å². The molecule has 2 amide bonds. The van der Waals surface area contributed by atoms with Gasteiger partial charge in [0.1, 0.15) is 5.76 Å². The molecule has 1 aliphatic rings. The molecule has 5 heteroatoms. The number of hydrogen-bond donors (Lipinski definition) is 1. The minimum atomic E-state index is -0.0875. The van der Waals surface area contributed by atoms with Crippen molar-refractivity contribution in [1.29, 1.82) is 0 Å². The van der Waals surface area contributed by atoms with Crippen molar-refractivity contribution in [3.8, 4) is 22.4 Å². The fraction of sp³-hybridized carbons (Fsp3) is 0.154. The Kier molecular flexibility index (Phi) is 5.23. The van der Waals surface area contributed by atoms with Gasteiger partial charge in [0, 0.05) is 36.3 Å². The number of furan rings is 1. The van der Waals surface area contributed by atoms with Crippen LogP contribution in [-0.4, -0.2) is 22.5 Å². The minimum absolute atomic E-state index is 0.0875. The van der Waals surface area contributed by atoms with Crippen molar-refractivity contribution in [2.24, 2.45) is 0 Å². The molecule has 4 aromatic rings. The highest BCUT2D eigenvalue weighted by molar-refractivity contribution is 5.82. The quantitative estimate of drug-likeness (QED) is 0.499. The predicted molar refractivity (Wildman–Crippen MR) is 120 cm³/mol. The summed E-state index contributed by atoms with van der Waals surface area (Å²) in [6.45, 7) is 1.57. The van der Waals surface area contributed by atoms with E-state index in [0.717, 1.165) is 45.8 Å². The molecule has 3 heterocycles. The van der Waals surface area contributed by atoms with E-state index in [1.54, 1.807) is 6.26 Å². The highest BCUT2D eigenvalue weighted by atomic mass is 16.3. The first kappa shape index (κ1) is 19.1. The van der Waals surface area contributed by atoms with Gasteiger partial charge < -0.3 is 14.6 Å². The Hall–Kier alpha value is -3.86. The number of nitrogens with one attached hydrogen (secondary N) is 1. The van der Waals surface area contributed by atoms with Gasteiger partial charge >= 0.3 is 6.03 Å². The Balaban J connectivity index is 1.45. The largest absolute Gasteiger partial charge is 0.467 e. The number of pyridine rings is 1. The molecular weight excluding hydrogens is 386 g/mol. The van der Waals surface area contributed by atoms with E-state index in [9.17, 15) is 4.79 Å². The van der Waals surface area contributed by atoms with Crippen LogP contribution in [0.4, 0.5) is 4.79 Å². The Morgan fingerprint density at radius 1 is 0.968 bits per heavy atom. The molecule has 0 spiro atoms. The van der Waals surface area contributed by atoms with E-state index in [0.29, 0.717) is 19.6 Å². The molecule has 0 aliphatic carbocycles. The van der Waals surface area contributed by atoms with Crippen LogP contribution in [0.3, 0.4) is 0 Å². The third kappa shape index (κ3) is 4.08. The first-order valence-electron chi connectivity index (χ1n) is 10.5. The molecule has 0 saturated carbocycles. The molecule has 0 saturated heterocycles. The van der Waals surface area contributed by atoms with Gasteiger partial charge in [-0.25, -0.2) is 4.79 Å². The molecule has 154 valence electrons. The molecule has 0 atom stereocenters. The van der Waals surface area contributed by atoms with Crippen LogP contribution in [0.1, 0.15) is 17.0 Å². The van der Waals surface area contributed by atoms with Crippen LogP contribution in [0.15, 0.2) is 89.5 Å². The Labute approximate surface area is 181 Å². The summed E-state index contributed by atoms with van der Waals surface area (Å²) < 4.78 is 5.30. The maximum atomic E-state index is 12.7. The Bertz CT molecular complexity index is 1170. The minimum Gasteiger partial charge on any atom is -0.467 e. The molecule has 0 unspecified atom stereocenters. The molecule has 0 bridgehead atoms. The fourth-order valence-electron chi connectivity index (χ4n) is 3.99. The van der Waals surface area contributed by atoms with Gasteiger partial charge in [-0.1, -0.05) is 60.7 Å². The SMILES string of the molecule is O=C(NCc1ccco1)N1CCc2nc(-c3ccccc3)c(-c3ccccc3)cc2C1. The number of fused-ring (bicyclic) bond motifs is 1. The van der Waals surface area contributed by atoms with E-state index < -0.39 is 0 Å². The van der Waals surface area contributed by atoms with Crippen LogP contribution in [0.5, 0.6) is 0 Å². The normalized spacial score (nSPS) is 13.0. The summed E-state index contributed by atoms with van der Waals surface area (Å²) in [5, 5.41) is 2.94. The molecular formula is C26H23N3O2. The fourth-order valence-corrected chi connectivity index (χ4v) is 3.99. The summed E-state index contributed by atoms with van der Waals surface area (Å²) in [6.07, 6.45) is 2.35. The molecule has 1 N–H and O–H groups in total. The summed E-state index contributed by atoms with van der Waals surface area (Å²) in [5.74, 6) is 0.742. The van der Waals surface area contributed by atoms with Gasteiger partial charge in [-0.05, 0) is 29.3 Å².